The van der Waals surface area contributed by atoms with Crippen LogP contribution >= 0.6 is 0 Å². The van der Waals surface area contributed by atoms with Gasteiger partial charge < -0.3 is 15.0 Å². The number of nitrogen functional groups attached to an aromatic ring is 1. The summed E-state index contributed by atoms with van der Waals surface area (Å²) in [6.07, 6.45) is 0. The number of sulfone groups is 1. The number of nitrogens with two attached hydrogens (primary N) is 1. The van der Waals surface area contributed by atoms with E-state index in [1.54, 1.807) is 29.9 Å². The zero-order valence-electron chi connectivity index (χ0n) is 15.0. The highest BCUT2D eigenvalue weighted by Gasteiger charge is 2.30. The molecule has 2 aromatic heterocycles. The van der Waals surface area contributed by atoms with E-state index in [2.05, 4.69) is 9.97 Å². The lowest BCUT2D eigenvalue weighted by Gasteiger charge is -2.07. The van der Waals surface area contributed by atoms with Gasteiger partial charge in [0.1, 0.15) is 22.0 Å². The Kier molecular flexibility index (Phi) is 4.48. The summed E-state index contributed by atoms with van der Waals surface area (Å²) in [5.74, 6) is -0.507. The summed E-state index contributed by atoms with van der Waals surface area (Å²) in [6.45, 7) is 0.628. The summed E-state index contributed by atoms with van der Waals surface area (Å²) in [5, 5.41) is 0. The SMILES string of the molecule is COCCn1c(N)c(S(=O)(=O)c2ccc(F)cc2)c2nc3ccccc3nc21. The molecule has 2 heterocycles. The van der Waals surface area contributed by atoms with Gasteiger partial charge in [-0.2, -0.15) is 0 Å². The van der Waals surface area contributed by atoms with Gasteiger partial charge in [0.25, 0.3) is 0 Å². The molecule has 0 bridgehead atoms. The van der Waals surface area contributed by atoms with Crippen LogP contribution in [-0.4, -0.2) is 36.7 Å². The van der Waals surface area contributed by atoms with Crippen molar-refractivity contribution in [3.8, 4) is 0 Å². The minimum absolute atomic E-state index is 0.0201. The monoisotopic (exact) mass is 400 g/mol. The zero-order valence-corrected chi connectivity index (χ0v) is 15.8. The van der Waals surface area contributed by atoms with Crippen LogP contribution in [0.4, 0.5) is 10.2 Å². The third-order valence-electron chi connectivity index (χ3n) is 4.46. The smallest absolute Gasteiger partial charge is 0.212 e. The highest BCUT2D eigenvalue weighted by atomic mass is 32.2. The minimum atomic E-state index is -4.04. The second-order valence-electron chi connectivity index (χ2n) is 6.20. The largest absolute Gasteiger partial charge is 0.384 e. The van der Waals surface area contributed by atoms with Crippen molar-refractivity contribution in [3.63, 3.8) is 0 Å². The zero-order chi connectivity index (χ0) is 19.9. The van der Waals surface area contributed by atoms with Gasteiger partial charge in [0.15, 0.2) is 5.65 Å². The highest BCUT2D eigenvalue weighted by Crippen LogP contribution is 2.35. The standard InChI is InChI=1S/C19H17FN4O3S/c1-27-11-10-24-18(21)17(28(25,26)13-8-6-12(20)7-9-13)16-19(24)23-15-5-3-2-4-14(15)22-16/h2-9H,10-11,21H2,1H3. The van der Waals surface area contributed by atoms with Gasteiger partial charge >= 0.3 is 0 Å². The first-order valence-electron chi connectivity index (χ1n) is 8.47. The lowest BCUT2D eigenvalue weighted by Crippen LogP contribution is -2.10. The molecule has 144 valence electrons. The Bertz CT molecular complexity index is 1280. The Balaban J connectivity index is 2.05. The van der Waals surface area contributed by atoms with Gasteiger partial charge in [-0.3, -0.25) is 0 Å². The molecule has 9 heteroatoms. The Morgan fingerprint density at radius 1 is 1.07 bits per heavy atom. The van der Waals surface area contributed by atoms with Crippen LogP contribution in [0.2, 0.25) is 0 Å². The average molecular weight is 400 g/mol. The number of para-hydroxylation sites is 2. The fourth-order valence-corrected chi connectivity index (χ4v) is 4.60. The van der Waals surface area contributed by atoms with Crippen LogP contribution in [0.15, 0.2) is 58.3 Å². The fraction of sp³-hybridized carbons (Fsp3) is 0.158. The molecule has 2 N–H and O–H groups in total. The molecule has 0 spiro atoms. The predicted octanol–water partition coefficient (Wildman–Crippen LogP) is 2.79. The van der Waals surface area contributed by atoms with Gasteiger partial charge in [-0.15, -0.1) is 0 Å². The third-order valence-corrected chi connectivity index (χ3v) is 6.29. The lowest BCUT2D eigenvalue weighted by atomic mass is 10.3. The van der Waals surface area contributed by atoms with Crippen molar-refractivity contribution in [2.24, 2.45) is 0 Å². The molecule has 0 aliphatic rings. The van der Waals surface area contributed by atoms with Gasteiger partial charge in [0.2, 0.25) is 9.84 Å². The number of nitrogens with zero attached hydrogens (tertiary/aromatic N) is 3. The average Bonchev–Trinajstić information content (AvgIpc) is 2.95. The van der Waals surface area contributed by atoms with Gasteiger partial charge in [-0.25, -0.2) is 22.8 Å². The van der Waals surface area contributed by atoms with Gasteiger partial charge in [0.05, 0.1) is 22.5 Å². The summed E-state index contributed by atoms with van der Waals surface area (Å²) in [6, 6.07) is 11.8. The minimum Gasteiger partial charge on any atom is -0.384 e. The summed E-state index contributed by atoms with van der Waals surface area (Å²) in [5.41, 5.74) is 7.95. The molecule has 2 aromatic carbocycles. The summed E-state index contributed by atoms with van der Waals surface area (Å²) >= 11 is 0. The van der Waals surface area contributed by atoms with E-state index in [9.17, 15) is 12.8 Å². The lowest BCUT2D eigenvalue weighted by molar-refractivity contribution is 0.188. The maximum absolute atomic E-state index is 13.3. The van der Waals surface area contributed by atoms with Crippen LogP contribution in [0.3, 0.4) is 0 Å². The maximum atomic E-state index is 13.3. The van der Waals surface area contributed by atoms with Crippen molar-refractivity contribution in [1.29, 1.82) is 0 Å². The molecule has 0 fully saturated rings. The Hall–Kier alpha value is -3.04. The molecule has 0 saturated carbocycles. The maximum Gasteiger partial charge on any atom is 0.212 e. The molecule has 0 atom stereocenters. The van der Waals surface area contributed by atoms with E-state index in [0.29, 0.717) is 29.8 Å². The molecule has 0 radical (unpaired) electrons. The molecule has 0 aliphatic carbocycles. The van der Waals surface area contributed by atoms with Gasteiger partial charge in [0, 0.05) is 13.7 Å². The fourth-order valence-electron chi connectivity index (χ4n) is 3.09. The number of methoxy groups -OCH3 is 1. The van der Waals surface area contributed by atoms with E-state index in [4.69, 9.17) is 10.5 Å². The Labute approximate surface area is 160 Å². The van der Waals surface area contributed by atoms with Crippen molar-refractivity contribution in [2.75, 3.05) is 19.5 Å². The summed E-state index contributed by atoms with van der Waals surface area (Å²) in [7, 11) is -2.50. The Morgan fingerprint density at radius 2 is 1.71 bits per heavy atom. The van der Waals surface area contributed by atoms with E-state index in [1.165, 1.54) is 12.1 Å². The number of fused-ring (bicyclic) bond motifs is 2. The van der Waals surface area contributed by atoms with Crippen LogP contribution in [0.1, 0.15) is 0 Å². The van der Waals surface area contributed by atoms with E-state index < -0.39 is 15.7 Å². The number of hydrogen-bond donors (Lipinski definition) is 1. The molecular formula is C19H17FN4O3S. The first kappa shape index (κ1) is 18.3. The number of benzene rings is 2. The van der Waals surface area contributed by atoms with Crippen LogP contribution in [-0.2, 0) is 21.1 Å². The molecule has 28 heavy (non-hydrogen) atoms. The third kappa shape index (κ3) is 2.88. The molecular weight excluding hydrogens is 383 g/mol. The highest BCUT2D eigenvalue weighted by molar-refractivity contribution is 7.92. The van der Waals surface area contributed by atoms with Gasteiger partial charge in [-0.1, -0.05) is 12.1 Å². The van der Waals surface area contributed by atoms with E-state index in [-0.39, 0.29) is 21.1 Å². The van der Waals surface area contributed by atoms with Crippen LogP contribution in [0.25, 0.3) is 22.2 Å². The van der Waals surface area contributed by atoms with Gasteiger partial charge in [-0.05, 0) is 36.4 Å². The normalized spacial score (nSPS) is 12.1. The van der Waals surface area contributed by atoms with Crippen LogP contribution in [0.5, 0.6) is 0 Å². The predicted molar refractivity (Wildman–Crippen MR) is 103 cm³/mol. The molecule has 4 aromatic rings. The number of rotatable bonds is 5. The first-order valence-corrected chi connectivity index (χ1v) is 9.96. The quantitative estimate of drug-likeness (QED) is 0.517. The number of anilines is 1. The Morgan fingerprint density at radius 3 is 2.36 bits per heavy atom. The molecule has 7 nitrogen and oxygen atoms in total. The van der Waals surface area contributed by atoms with Crippen LogP contribution in [0, 0.1) is 5.82 Å². The number of ether oxygens (including phenoxy) is 1. The van der Waals surface area contributed by atoms with Crippen LogP contribution < -0.4 is 5.73 Å². The van der Waals surface area contributed by atoms with E-state index >= 15 is 0 Å². The van der Waals surface area contributed by atoms with Crippen molar-refractivity contribution < 1.29 is 17.5 Å². The topological polar surface area (TPSA) is 100 Å². The molecule has 0 amide bonds. The first-order chi connectivity index (χ1) is 13.4. The number of hydrogen-bond acceptors (Lipinski definition) is 6. The van der Waals surface area contributed by atoms with Crippen molar-refractivity contribution in [1.82, 2.24) is 14.5 Å². The second kappa shape index (κ2) is 6.84. The summed E-state index contributed by atoms with van der Waals surface area (Å²) in [4.78, 5) is 8.89. The summed E-state index contributed by atoms with van der Waals surface area (Å²) < 4.78 is 46.5. The van der Waals surface area contributed by atoms with Crippen molar-refractivity contribution in [2.45, 2.75) is 16.3 Å². The molecule has 0 saturated heterocycles. The molecule has 4 rings (SSSR count). The number of halogens is 1. The van der Waals surface area contributed by atoms with E-state index in [1.807, 2.05) is 6.07 Å². The van der Waals surface area contributed by atoms with Crippen molar-refractivity contribution in [3.05, 3.63) is 54.3 Å². The molecule has 0 unspecified atom stereocenters. The second-order valence-corrected chi connectivity index (χ2v) is 8.09. The van der Waals surface area contributed by atoms with E-state index in [0.717, 1.165) is 12.1 Å². The van der Waals surface area contributed by atoms with Crippen molar-refractivity contribution >= 4 is 37.9 Å². The number of aromatic nitrogens is 3. The molecule has 0 aliphatic heterocycles.